The Labute approximate surface area is 203 Å². The molecule has 0 saturated heterocycles. The Balaban J connectivity index is 1.44. The fourth-order valence-electron chi connectivity index (χ4n) is 3.07. The first-order chi connectivity index (χ1) is 16.4. The molecule has 3 aromatic carbocycles. The number of nitrogens with one attached hydrogen (secondary N) is 2. The van der Waals surface area contributed by atoms with E-state index >= 15 is 0 Å². The molecule has 8 heteroatoms. The lowest BCUT2D eigenvalue weighted by molar-refractivity contribution is -0.121. The summed E-state index contributed by atoms with van der Waals surface area (Å²) in [4.78, 5) is 35.9. The van der Waals surface area contributed by atoms with Crippen LogP contribution in [0.3, 0.4) is 0 Å². The highest BCUT2D eigenvalue weighted by atomic mass is 35.5. The fraction of sp³-hybridized carbons (Fsp3) is 0.192. The zero-order chi connectivity index (χ0) is 24.3. The smallest absolute Gasteiger partial charge is 0.434 e. The van der Waals surface area contributed by atoms with Crippen molar-refractivity contribution >= 4 is 35.3 Å². The first kappa shape index (κ1) is 24.8. The second-order valence-corrected chi connectivity index (χ2v) is 7.80. The van der Waals surface area contributed by atoms with Crippen LogP contribution in [-0.4, -0.2) is 24.6 Å². The molecule has 0 aliphatic heterocycles. The van der Waals surface area contributed by atoms with E-state index in [1.165, 1.54) is 12.1 Å². The lowest BCUT2D eigenvalue weighted by Gasteiger charge is -2.09. The van der Waals surface area contributed by atoms with Crippen LogP contribution in [0.2, 0.25) is 5.02 Å². The van der Waals surface area contributed by atoms with Crippen LogP contribution >= 0.6 is 11.6 Å². The van der Waals surface area contributed by atoms with E-state index in [-0.39, 0.29) is 24.2 Å². The van der Waals surface area contributed by atoms with Crippen molar-refractivity contribution in [3.63, 3.8) is 0 Å². The maximum absolute atomic E-state index is 12.5. The number of benzene rings is 3. The molecule has 3 rings (SSSR count). The van der Waals surface area contributed by atoms with E-state index in [1.54, 1.807) is 37.3 Å². The second-order valence-electron chi connectivity index (χ2n) is 7.37. The van der Waals surface area contributed by atoms with Crippen LogP contribution in [0.25, 0.3) is 0 Å². The maximum Gasteiger partial charge on any atom is 0.513 e. The fourth-order valence-corrected chi connectivity index (χ4v) is 3.28. The van der Waals surface area contributed by atoms with Gasteiger partial charge in [-0.15, -0.1) is 0 Å². The highest BCUT2D eigenvalue weighted by molar-refractivity contribution is 6.30. The van der Waals surface area contributed by atoms with Gasteiger partial charge in [-0.2, -0.15) is 0 Å². The molecule has 0 aliphatic rings. The van der Waals surface area contributed by atoms with Gasteiger partial charge in [0.15, 0.2) is 0 Å². The number of ether oxygens (including phenoxy) is 2. The molecular formula is C26H25ClN2O5. The molecule has 0 radical (unpaired) electrons. The van der Waals surface area contributed by atoms with Gasteiger partial charge in [0.2, 0.25) is 5.91 Å². The van der Waals surface area contributed by atoms with Crippen LogP contribution in [0.5, 0.6) is 5.75 Å². The molecule has 2 amide bonds. The van der Waals surface area contributed by atoms with Gasteiger partial charge in [0, 0.05) is 29.2 Å². The number of aryl methyl sites for hydroxylation is 1. The third-order valence-electron chi connectivity index (χ3n) is 4.81. The van der Waals surface area contributed by atoms with Crippen LogP contribution in [-0.2, 0) is 22.5 Å². The molecular weight excluding hydrogens is 456 g/mol. The van der Waals surface area contributed by atoms with Gasteiger partial charge in [0.05, 0.1) is 6.61 Å². The molecule has 0 heterocycles. The standard InChI is InChI=1S/C26H25ClN2O5/c1-2-33-26(32)34-23-13-9-20(10-14-23)25(31)29-22-11-6-19(7-12-22)17-28-24(30)15-8-18-4-3-5-21(27)16-18/h3-7,9-14,16H,2,8,15,17H2,1H3,(H,28,30)(H,29,31). The Bertz CT molecular complexity index is 1130. The van der Waals surface area contributed by atoms with E-state index < -0.39 is 6.16 Å². The molecule has 0 atom stereocenters. The molecule has 34 heavy (non-hydrogen) atoms. The topological polar surface area (TPSA) is 93.7 Å². The summed E-state index contributed by atoms with van der Waals surface area (Å²) in [6, 6.07) is 20.8. The number of carbonyl (C=O) groups excluding carboxylic acids is 3. The van der Waals surface area contributed by atoms with Gasteiger partial charge in [0.25, 0.3) is 5.91 Å². The van der Waals surface area contributed by atoms with Gasteiger partial charge >= 0.3 is 6.16 Å². The van der Waals surface area contributed by atoms with Crippen LogP contribution < -0.4 is 15.4 Å². The number of halogens is 1. The van der Waals surface area contributed by atoms with E-state index in [0.717, 1.165) is 11.1 Å². The zero-order valence-corrected chi connectivity index (χ0v) is 19.4. The molecule has 0 bridgehead atoms. The predicted octanol–water partition coefficient (Wildman–Crippen LogP) is 5.38. The minimum absolute atomic E-state index is 0.0484. The Hall–Kier alpha value is -3.84. The number of rotatable bonds is 9. The van der Waals surface area contributed by atoms with Crippen LogP contribution in [0.1, 0.15) is 34.8 Å². The number of anilines is 1. The first-order valence-corrected chi connectivity index (χ1v) is 11.2. The summed E-state index contributed by atoms with van der Waals surface area (Å²) in [7, 11) is 0. The van der Waals surface area contributed by atoms with Crippen molar-refractivity contribution in [3.05, 3.63) is 94.5 Å². The lowest BCUT2D eigenvalue weighted by atomic mass is 10.1. The molecule has 0 unspecified atom stereocenters. The van der Waals surface area contributed by atoms with Crippen molar-refractivity contribution in [2.24, 2.45) is 0 Å². The first-order valence-electron chi connectivity index (χ1n) is 10.8. The van der Waals surface area contributed by atoms with Crippen molar-refractivity contribution in [1.82, 2.24) is 5.32 Å². The molecule has 0 saturated carbocycles. The average Bonchev–Trinajstić information content (AvgIpc) is 2.83. The molecule has 2 N–H and O–H groups in total. The SMILES string of the molecule is CCOC(=O)Oc1ccc(C(=O)Nc2ccc(CNC(=O)CCc3cccc(Cl)c3)cc2)cc1. The van der Waals surface area contributed by atoms with Crippen molar-refractivity contribution in [2.75, 3.05) is 11.9 Å². The Morgan fingerprint density at radius 1 is 0.912 bits per heavy atom. The van der Waals surface area contributed by atoms with Crippen molar-refractivity contribution < 1.29 is 23.9 Å². The minimum atomic E-state index is -0.794. The summed E-state index contributed by atoms with van der Waals surface area (Å²) in [5.41, 5.74) is 2.96. The molecule has 7 nitrogen and oxygen atoms in total. The Morgan fingerprint density at radius 3 is 2.32 bits per heavy atom. The molecule has 176 valence electrons. The van der Waals surface area contributed by atoms with Crippen molar-refractivity contribution in [1.29, 1.82) is 0 Å². The van der Waals surface area contributed by atoms with Crippen molar-refractivity contribution in [2.45, 2.75) is 26.3 Å². The Morgan fingerprint density at radius 2 is 1.65 bits per heavy atom. The summed E-state index contributed by atoms with van der Waals surface area (Å²) in [6.07, 6.45) is 0.197. The highest BCUT2D eigenvalue weighted by Gasteiger charge is 2.09. The summed E-state index contributed by atoms with van der Waals surface area (Å²) in [6.45, 7) is 2.29. The number of carbonyl (C=O) groups is 3. The highest BCUT2D eigenvalue weighted by Crippen LogP contribution is 2.16. The quantitative estimate of drug-likeness (QED) is 0.317. The van der Waals surface area contributed by atoms with E-state index in [0.29, 0.717) is 35.7 Å². The number of hydrogen-bond acceptors (Lipinski definition) is 5. The largest absolute Gasteiger partial charge is 0.513 e. The van der Waals surface area contributed by atoms with E-state index in [4.69, 9.17) is 21.1 Å². The summed E-state index contributed by atoms with van der Waals surface area (Å²) in [5.74, 6) is -0.0635. The Kier molecular flexibility index (Phi) is 9.05. The molecule has 0 spiro atoms. The van der Waals surface area contributed by atoms with Gasteiger partial charge < -0.3 is 20.1 Å². The van der Waals surface area contributed by atoms with E-state index in [2.05, 4.69) is 10.6 Å². The summed E-state index contributed by atoms with van der Waals surface area (Å²) >= 11 is 5.97. The zero-order valence-electron chi connectivity index (χ0n) is 18.7. The van der Waals surface area contributed by atoms with E-state index in [9.17, 15) is 14.4 Å². The lowest BCUT2D eigenvalue weighted by Crippen LogP contribution is -2.23. The normalized spacial score (nSPS) is 10.3. The average molecular weight is 481 g/mol. The monoisotopic (exact) mass is 480 g/mol. The molecule has 0 aliphatic carbocycles. The van der Waals surface area contributed by atoms with Crippen LogP contribution in [0.4, 0.5) is 10.5 Å². The third kappa shape index (κ3) is 7.94. The maximum atomic E-state index is 12.5. The number of amides is 2. The van der Waals surface area contributed by atoms with Gasteiger partial charge in [-0.05, 0) is 73.0 Å². The molecule has 0 fully saturated rings. The predicted molar refractivity (Wildman–Crippen MR) is 130 cm³/mol. The molecule has 3 aromatic rings. The van der Waals surface area contributed by atoms with Gasteiger partial charge in [-0.3, -0.25) is 9.59 Å². The van der Waals surface area contributed by atoms with Crippen LogP contribution in [0.15, 0.2) is 72.8 Å². The number of hydrogen-bond donors (Lipinski definition) is 2. The summed E-state index contributed by atoms with van der Waals surface area (Å²) in [5, 5.41) is 6.35. The molecule has 0 aromatic heterocycles. The van der Waals surface area contributed by atoms with Crippen LogP contribution in [0, 0.1) is 0 Å². The third-order valence-corrected chi connectivity index (χ3v) is 5.05. The van der Waals surface area contributed by atoms with Gasteiger partial charge in [-0.25, -0.2) is 4.79 Å². The summed E-state index contributed by atoms with van der Waals surface area (Å²) < 4.78 is 9.68. The van der Waals surface area contributed by atoms with Crippen molar-refractivity contribution in [3.8, 4) is 5.75 Å². The minimum Gasteiger partial charge on any atom is -0.434 e. The second kappa shape index (κ2) is 12.4. The van der Waals surface area contributed by atoms with E-state index in [1.807, 2.05) is 30.3 Å². The van der Waals surface area contributed by atoms with Gasteiger partial charge in [0.1, 0.15) is 5.75 Å². The van der Waals surface area contributed by atoms with Gasteiger partial charge in [-0.1, -0.05) is 35.9 Å².